The van der Waals surface area contributed by atoms with Crippen LogP contribution < -0.4 is 5.32 Å². The van der Waals surface area contributed by atoms with Gasteiger partial charge in [-0.2, -0.15) is 0 Å². The summed E-state index contributed by atoms with van der Waals surface area (Å²) in [5, 5.41) is 11.5. The lowest BCUT2D eigenvalue weighted by atomic mass is 10.1. The molecule has 1 amide bonds. The van der Waals surface area contributed by atoms with Crippen LogP contribution in [0.25, 0.3) is 0 Å². The molecular formula is C21H34N2O4. The van der Waals surface area contributed by atoms with Gasteiger partial charge in [0.15, 0.2) is 0 Å². The number of nitrogens with zero attached hydrogens (tertiary/aromatic N) is 1. The summed E-state index contributed by atoms with van der Waals surface area (Å²) in [6.45, 7) is 10.0. The molecule has 2 N–H and O–H groups in total. The molecule has 0 aliphatic carbocycles. The monoisotopic (exact) mass is 378 g/mol. The topological polar surface area (TPSA) is 88.0 Å². The van der Waals surface area contributed by atoms with Crippen molar-refractivity contribution in [3.05, 3.63) is 47.7 Å². The van der Waals surface area contributed by atoms with Crippen molar-refractivity contribution in [1.82, 2.24) is 5.32 Å². The summed E-state index contributed by atoms with van der Waals surface area (Å²) in [5.41, 5.74) is 1.71. The average molecular weight is 379 g/mol. The summed E-state index contributed by atoms with van der Waals surface area (Å²) >= 11 is 0. The Kier molecular flexibility index (Phi) is 18.2. The molecule has 152 valence electrons. The molecule has 6 nitrogen and oxygen atoms in total. The fourth-order valence-corrected chi connectivity index (χ4v) is 1.45. The normalized spacial score (nSPS) is 12.6. The van der Waals surface area contributed by atoms with Crippen molar-refractivity contribution >= 4 is 18.6 Å². The highest BCUT2D eigenvalue weighted by molar-refractivity contribution is 5.94. The fraction of sp³-hybridized carbons (Fsp3) is 0.476. The Labute approximate surface area is 163 Å². The van der Waals surface area contributed by atoms with Gasteiger partial charge in [-0.25, -0.2) is 0 Å². The van der Waals surface area contributed by atoms with Crippen LogP contribution in [0.15, 0.2) is 47.1 Å². The first kappa shape index (κ1) is 26.8. The summed E-state index contributed by atoms with van der Waals surface area (Å²) in [5.74, 6) is 0.113. The minimum Gasteiger partial charge on any atom is -0.471 e. The van der Waals surface area contributed by atoms with Gasteiger partial charge in [0.1, 0.15) is 5.70 Å². The Morgan fingerprint density at radius 3 is 2.19 bits per heavy atom. The molecule has 0 spiro atoms. The van der Waals surface area contributed by atoms with E-state index in [0.717, 1.165) is 6.42 Å². The lowest BCUT2D eigenvalue weighted by Gasteiger charge is -2.10. The highest BCUT2D eigenvalue weighted by atomic mass is 16.5. The number of benzene rings is 1. The molecule has 2 atom stereocenters. The third kappa shape index (κ3) is 16.7. The van der Waals surface area contributed by atoms with Gasteiger partial charge in [0.25, 0.3) is 12.4 Å². The van der Waals surface area contributed by atoms with Gasteiger partial charge in [0.2, 0.25) is 0 Å². The van der Waals surface area contributed by atoms with Crippen LogP contribution >= 0.6 is 0 Å². The molecule has 0 fully saturated rings. The second-order valence-corrected chi connectivity index (χ2v) is 5.88. The fourth-order valence-electron chi connectivity index (χ4n) is 1.45. The van der Waals surface area contributed by atoms with E-state index < -0.39 is 0 Å². The van der Waals surface area contributed by atoms with E-state index >= 15 is 0 Å². The van der Waals surface area contributed by atoms with Gasteiger partial charge in [-0.1, -0.05) is 55.8 Å². The molecule has 0 aliphatic heterocycles. The lowest BCUT2D eigenvalue weighted by Crippen LogP contribution is -2.35. The molecule has 27 heavy (non-hydrogen) atoms. The van der Waals surface area contributed by atoms with Crippen LogP contribution in [0.5, 0.6) is 0 Å². The van der Waals surface area contributed by atoms with E-state index in [4.69, 9.17) is 9.90 Å². The van der Waals surface area contributed by atoms with E-state index in [1.165, 1.54) is 12.7 Å². The number of carbonyl (C=O) groups excluding carboxylic acids is 2. The molecule has 0 saturated carbocycles. The zero-order valence-corrected chi connectivity index (χ0v) is 17.3. The number of rotatable bonds is 7. The number of aliphatic imine (C=N–C) groups is 1. The summed E-state index contributed by atoms with van der Waals surface area (Å²) in [6.07, 6.45) is 4.44. The number of carbonyl (C=O) groups is 2. The van der Waals surface area contributed by atoms with Gasteiger partial charge in [-0.05, 0) is 33.1 Å². The highest BCUT2D eigenvalue weighted by Gasteiger charge is 2.09. The highest BCUT2D eigenvalue weighted by Crippen LogP contribution is 2.01. The maximum absolute atomic E-state index is 11.6. The lowest BCUT2D eigenvalue weighted by molar-refractivity contribution is -0.126. The number of aryl methyl sites for hydroxylation is 1. The van der Waals surface area contributed by atoms with E-state index in [-0.39, 0.29) is 18.6 Å². The first-order chi connectivity index (χ1) is 12.9. The van der Waals surface area contributed by atoms with E-state index in [1.54, 1.807) is 26.1 Å². The molecule has 0 aromatic heterocycles. The quantitative estimate of drug-likeness (QED) is 0.433. The van der Waals surface area contributed by atoms with Gasteiger partial charge >= 0.3 is 0 Å². The number of aliphatic hydroxyl groups excluding tert-OH is 1. The van der Waals surface area contributed by atoms with Gasteiger partial charge in [-0.15, -0.1) is 0 Å². The van der Waals surface area contributed by atoms with Crippen LogP contribution in [-0.2, 0) is 14.3 Å². The second kappa shape index (κ2) is 18.3. The standard InChI is InChI=1S/C12H22N2O2.C7H8.C2H4O2/c1-5-9(3)7-13-11(6-2)12(16)14-10(4)8-15;1-7-5-3-2-4-6-7;1-4-2-3/h6-7,9-10,15H,5,8H2,1-4H3,(H,14,16);2-6H,1H3;2H,1H3/b11-6-,13-7?;;. The number of amides is 1. The minimum absolute atomic E-state index is 0.0716. The van der Waals surface area contributed by atoms with Gasteiger partial charge < -0.3 is 15.2 Å². The van der Waals surface area contributed by atoms with Gasteiger partial charge in [0, 0.05) is 12.3 Å². The molecule has 1 aromatic carbocycles. The predicted molar refractivity (Wildman–Crippen MR) is 111 cm³/mol. The molecule has 0 radical (unpaired) electrons. The maximum Gasteiger partial charge on any atom is 0.292 e. The Balaban J connectivity index is 0. The summed E-state index contributed by atoms with van der Waals surface area (Å²) < 4.78 is 3.86. The van der Waals surface area contributed by atoms with Crippen LogP contribution in [-0.4, -0.2) is 43.5 Å². The van der Waals surface area contributed by atoms with Crippen LogP contribution in [0.4, 0.5) is 0 Å². The third-order valence-electron chi connectivity index (χ3n) is 3.31. The largest absolute Gasteiger partial charge is 0.471 e. The molecule has 2 unspecified atom stereocenters. The molecule has 6 heteroatoms. The van der Waals surface area contributed by atoms with Gasteiger partial charge in [-0.3, -0.25) is 14.6 Å². The van der Waals surface area contributed by atoms with Gasteiger partial charge in [0.05, 0.1) is 13.7 Å². The minimum atomic E-state index is -0.249. The van der Waals surface area contributed by atoms with Crippen LogP contribution in [0.2, 0.25) is 0 Å². The van der Waals surface area contributed by atoms with Crippen LogP contribution in [0.3, 0.4) is 0 Å². The van der Waals surface area contributed by atoms with Crippen LogP contribution in [0, 0.1) is 12.8 Å². The Morgan fingerprint density at radius 2 is 1.85 bits per heavy atom. The summed E-state index contributed by atoms with van der Waals surface area (Å²) in [6, 6.07) is 10.0. The zero-order chi connectivity index (χ0) is 21.1. The second-order valence-electron chi connectivity index (χ2n) is 5.88. The molecule has 0 heterocycles. The first-order valence-corrected chi connectivity index (χ1v) is 8.96. The Bertz CT molecular complexity index is 557. The smallest absolute Gasteiger partial charge is 0.292 e. The van der Waals surface area contributed by atoms with Crippen molar-refractivity contribution in [2.75, 3.05) is 13.7 Å². The molecule has 0 bridgehead atoms. The number of nitrogens with one attached hydrogen (secondary N) is 1. The SMILES string of the molecule is C/C=C(\N=CC(C)CC)C(=O)NC(C)CO.COC=O.Cc1ccccc1. The molecular weight excluding hydrogens is 344 g/mol. The number of aliphatic hydroxyl groups is 1. The van der Waals surface area contributed by atoms with Crippen molar-refractivity contribution in [1.29, 1.82) is 0 Å². The first-order valence-electron chi connectivity index (χ1n) is 8.96. The summed E-state index contributed by atoms with van der Waals surface area (Å²) in [7, 11) is 1.31. The number of hydrogen-bond donors (Lipinski definition) is 2. The zero-order valence-electron chi connectivity index (χ0n) is 17.3. The van der Waals surface area contributed by atoms with E-state index in [2.05, 4.69) is 41.0 Å². The number of allylic oxidation sites excluding steroid dienone is 1. The predicted octanol–water partition coefficient (Wildman–Crippen LogP) is 3.29. The number of hydrogen-bond acceptors (Lipinski definition) is 5. The van der Waals surface area contributed by atoms with E-state index in [9.17, 15) is 4.79 Å². The van der Waals surface area contributed by atoms with E-state index in [1.807, 2.05) is 25.1 Å². The van der Waals surface area contributed by atoms with Crippen LogP contribution in [0.1, 0.15) is 39.7 Å². The molecule has 1 rings (SSSR count). The van der Waals surface area contributed by atoms with Crippen molar-refractivity contribution in [2.45, 2.75) is 47.1 Å². The number of ether oxygens (including phenoxy) is 1. The number of methoxy groups -OCH3 is 1. The van der Waals surface area contributed by atoms with Crippen molar-refractivity contribution in [3.8, 4) is 0 Å². The maximum atomic E-state index is 11.6. The van der Waals surface area contributed by atoms with E-state index in [0.29, 0.717) is 18.1 Å². The molecule has 0 aliphatic rings. The van der Waals surface area contributed by atoms with Crippen molar-refractivity contribution < 1.29 is 19.4 Å². The molecule has 0 saturated heterocycles. The molecule has 1 aromatic rings. The average Bonchev–Trinajstić information content (AvgIpc) is 2.69. The Morgan fingerprint density at radius 1 is 1.30 bits per heavy atom. The van der Waals surface area contributed by atoms with Crippen molar-refractivity contribution in [3.63, 3.8) is 0 Å². The van der Waals surface area contributed by atoms with Crippen molar-refractivity contribution in [2.24, 2.45) is 10.9 Å². The summed E-state index contributed by atoms with van der Waals surface area (Å²) in [4.78, 5) is 24.7. The Hall–Kier alpha value is -2.47. The third-order valence-corrected chi connectivity index (χ3v) is 3.31.